The lowest BCUT2D eigenvalue weighted by Crippen LogP contribution is -2.37. The second kappa shape index (κ2) is 7.12. The predicted molar refractivity (Wildman–Crippen MR) is 89.0 cm³/mol. The SMILES string of the molecule is Cc1ccc(C)c(O[C@@H](C)C(=O)N[C@@H](C)c2ccccc2)c1. The second-order valence-corrected chi connectivity index (χ2v) is 5.67. The van der Waals surface area contributed by atoms with Crippen LogP contribution in [0.2, 0.25) is 0 Å². The van der Waals surface area contributed by atoms with Gasteiger partial charge in [-0.25, -0.2) is 0 Å². The van der Waals surface area contributed by atoms with Gasteiger partial charge in [0.15, 0.2) is 6.10 Å². The van der Waals surface area contributed by atoms with E-state index in [4.69, 9.17) is 4.74 Å². The lowest BCUT2D eigenvalue weighted by Gasteiger charge is -2.20. The molecule has 0 aromatic heterocycles. The largest absolute Gasteiger partial charge is 0.481 e. The number of carbonyl (C=O) groups is 1. The molecule has 116 valence electrons. The summed E-state index contributed by atoms with van der Waals surface area (Å²) >= 11 is 0. The molecule has 3 nitrogen and oxygen atoms in total. The normalized spacial score (nSPS) is 13.3. The molecule has 3 heteroatoms. The van der Waals surface area contributed by atoms with Crippen LogP contribution in [0.15, 0.2) is 48.5 Å². The maximum absolute atomic E-state index is 12.3. The average Bonchev–Trinajstić information content (AvgIpc) is 2.51. The van der Waals surface area contributed by atoms with Crippen molar-refractivity contribution in [2.45, 2.75) is 39.8 Å². The monoisotopic (exact) mass is 297 g/mol. The maximum atomic E-state index is 12.3. The number of ether oxygens (including phenoxy) is 1. The summed E-state index contributed by atoms with van der Waals surface area (Å²) in [4.78, 5) is 12.3. The zero-order chi connectivity index (χ0) is 16.1. The third kappa shape index (κ3) is 4.10. The summed E-state index contributed by atoms with van der Waals surface area (Å²) < 4.78 is 5.81. The Balaban J connectivity index is 1.99. The van der Waals surface area contributed by atoms with Gasteiger partial charge < -0.3 is 10.1 Å². The van der Waals surface area contributed by atoms with E-state index in [0.717, 1.165) is 22.4 Å². The first kappa shape index (κ1) is 16.1. The third-order valence-electron chi connectivity index (χ3n) is 3.67. The molecule has 0 bridgehead atoms. The molecular weight excluding hydrogens is 274 g/mol. The van der Waals surface area contributed by atoms with Gasteiger partial charge >= 0.3 is 0 Å². The molecule has 2 aromatic rings. The molecule has 1 N–H and O–H groups in total. The van der Waals surface area contributed by atoms with Crippen LogP contribution in [0.25, 0.3) is 0 Å². The van der Waals surface area contributed by atoms with Gasteiger partial charge in [0.2, 0.25) is 0 Å². The smallest absolute Gasteiger partial charge is 0.261 e. The molecule has 1 amide bonds. The minimum absolute atomic E-state index is 0.0432. The molecular formula is C19H23NO2. The number of benzene rings is 2. The van der Waals surface area contributed by atoms with E-state index in [1.165, 1.54) is 0 Å². The van der Waals surface area contributed by atoms with Gasteiger partial charge in [-0.1, -0.05) is 42.5 Å². The van der Waals surface area contributed by atoms with E-state index in [1.807, 2.05) is 69.3 Å². The molecule has 0 fully saturated rings. The van der Waals surface area contributed by atoms with Crippen molar-refractivity contribution in [2.24, 2.45) is 0 Å². The fraction of sp³-hybridized carbons (Fsp3) is 0.316. The van der Waals surface area contributed by atoms with E-state index in [2.05, 4.69) is 5.32 Å². The zero-order valence-corrected chi connectivity index (χ0v) is 13.6. The molecule has 0 radical (unpaired) electrons. The minimum Gasteiger partial charge on any atom is -0.481 e. The van der Waals surface area contributed by atoms with Crippen LogP contribution in [0.4, 0.5) is 0 Å². The van der Waals surface area contributed by atoms with Crippen LogP contribution in [0.1, 0.15) is 36.6 Å². The zero-order valence-electron chi connectivity index (χ0n) is 13.6. The molecule has 0 aliphatic rings. The van der Waals surface area contributed by atoms with Crippen LogP contribution < -0.4 is 10.1 Å². The predicted octanol–water partition coefficient (Wildman–Crippen LogP) is 3.95. The molecule has 0 spiro atoms. The molecule has 2 aromatic carbocycles. The Morgan fingerprint density at radius 2 is 1.73 bits per heavy atom. The number of rotatable bonds is 5. The third-order valence-corrected chi connectivity index (χ3v) is 3.67. The lowest BCUT2D eigenvalue weighted by atomic mass is 10.1. The highest BCUT2D eigenvalue weighted by molar-refractivity contribution is 5.81. The Bertz CT molecular complexity index is 637. The fourth-order valence-electron chi connectivity index (χ4n) is 2.23. The highest BCUT2D eigenvalue weighted by atomic mass is 16.5. The summed E-state index contributed by atoms with van der Waals surface area (Å²) in [5, 5.41) is 2.99. The summed E-state index contributed by atoms with van der Waals surface area (Å²) in [5.74, 6) is 0.646. The van der Waals surface area contributed by atoms with E-state index in [0.29, 0.717) is 0 Å². The number of aryl methyl sites for hydroxylation is 2. The number of amides is 1. The fourth-order valence-corrected chi connectivity index (χ4v) is 2.23. The highest BCUT2D eigenvalue weighted by Crippen LogP contribution is 2.21. The van der Waals surface area contributed by atoms with E-state index >= 15 is 0 Å². The molecule has 0 saturated heterocycles. The van der Waals surface area contributed by atoms with Crippen molar-refractivity contribution in [2.75, 3.05) is 0 Å². The average molecular weight is 297 g/mol. The summed E-state index contributed by atoms with van der Waals surface area (Å²) in [7, 11) is 0. The van der Waals surface area contributed by atoms with Crippen molar-refractivity contribution < 1.29 is 9.53 Å². The first-order chi connectivity index (χ1) is 10.5. The Hall–Kier alpha value is -2.29. The molecule has 0 heterocycles. The molecule has 0 aliphatic heterocycles. The van der Waals surface area contributed by atoms with E-state index in [-0.39, 0.29) is 11.9 Å². The number of hydrogen-bond acceptors (Lipinski definition) is 2. The summed E-state index contributed by atoms with van der Waals surface area (Å²) in [6.45, 7) is 7.73. The molecule has 0 unspecified atom stereocenters. The van der Waals surface area contributed by atoms with Crippen molar-refractivity contribution in [3.05, 3.63) is 65.2 Å². The quantitative estimate of drug-likeness (QED) is 0.907. The van der Waals surface area contributed by atoms with Crippen molar-refractivity contribution in [3.8, 4) is 5.75 Å². The van der Waals surface area contributed by atoms with Crippen LogP contribution in [0, 0.1) is 13.8 Å². The Kier molecular flexibility index (Phi) is 5.21. The molecule has 22 heavy (non-hydrogen) atoms. The first-order valence-electron chi connectivity index (χ1n) is 7.56. The molecule has 0 aliphatic carbocycles. The van der Waals surface area contributed by atoms with Crippen LogP contribution in [0.5, 0.6) is 5.75 Å². The van der Waals surface area contributed by atoms with Gasteiger partial charge in [0, 0.05) is 0 Å². The van der Waals surface area contributed by atoms with Gasteiger partial charge in [0.1, 0.15) is 5.75 Å². The summed E-state index contributed by atoms with van der Waals surface area (Å²) in [6, 6.07) is 15.8. The lowest BCUT2D eigenvalue weighted by molar-refractivity contribution is -0.127. The van der Waals surface area contributed by atoms with Crippen molar-refractivity contribution >= 4 is 5.91 Å². The molecule has 2 rings (SSSR count). The van der Waals surface area contributed by atoms with Gasteiger partial charge in [0.25, 0.3) is 5.91 Å². The molecule has 0 saturated carbocycles. The van der Waals surface area contributed by atoms with Gasteiger partial charge in [-0.2, -0.15) is 0 Å². The van der Waals surface area contributed by atoms with Gasteiger partial charge in [-0.15, -0.1) is 0 Å². The maximum Gasteiger partial charge on any atom is 0.261 e. The van der Waals surface area contributed by atoms with Gasteiger partial charge in [-0.3, -0.25) is 4.79 Å². The molecule has 2 atom stereocenters. The van der Waals surface area contributed by atoms with Gasteiger partial charge in [0.05, 0.1) is 6.04 Å². The minimum atomic E-state index is -0.535. The van der Waals surface area contributed by atoms with E-state index in [9.17, 15) is 4.79 Å². The summed E-state index contributed by atoms with van der Waals surface area (Å²) in [6.07, 6.45) is -0.535. The van der Waals surface area contributed by atoms with Crippen molar-refractivity contribution in [1.29, 1.82) is 0 Å². The van der Waals surface area contributed by atoms with Crippen molar-refractivity contribution in [3.63, 3.8) is 0 Å². The number of nitrogens with one attached hydrogen (secondary N) is 1. The van der Waals surface area contributed by atoms with Crippen molar-refractivity contribution in [1.82, 2.24) is 5.32 Å². The Morgan fingerprint density at radius 3 is 2.41 bits per heavy atom. The highest BCUT2D eigenvalue weighted by Gasteiger charge is 2.18. The van der Waals surface area contributed by atoms with Crippen LogP contribution in [-0.4, -0.2) is 12.0 Å². The number of carbonyl (C=O) groups excluding carboxylic acids is 1. The van der Waals surface area contributed by atoms with Crippen LogP contribution in [-0.2, 0) is 4.79 Å². The Labute approximate surface area is 132 Å². The first-order valence-corrected chi connectivity index (χ1v) is 7.56. The van der Waals surface area contributed by atoms with E-state index in [1.54, 1.807) is 6.92 Å². The van der Waals surface area contributed by atoms with Crippen LogP contribution in [0.3, 0.4) is 0 Å². The standard InChI is InChI=1S/C19H23NO2/c1-13-10-11-14(2)18(12-13)22-16(4)19(21)20-15(3)17-8-6-5-7-9-17/h5-12,15-16H,1-4H3,(H,20,21)/t15-,16-/m0/s1. The summed E-state index contributed by atoms with van der Waals surface area (Å²) in [5.41, 5.74) is 3.22. The Morgan fingerprint density at radius 1 is 1.05 bits per heavy atom. The topological polar surface area (TPSA) is 38.3 Å². The van der Waals surface area contributed by atoms with Gasteiger partial charge in [-0.05, 0) is 50.5 Å². The number of hydrogen-bond donors (Lipinski definition) is 1. The van der Waals surface area contributed by atoms with Crippen LogP contribution >= 0.6 is 0 Å². The van der Waals surface area contributed by atoms with E-state index < -0.39 is 6.10 Å². The second-order valence-electron chi connectivity index (χ2n) is 5.67.